The van der Waals surface area contributed by atoms with E-state index < -0.39 is 0 Å². The molecule has 1 N–H and O–H groups in total. The Bertz CT molecular complexity index is 659. The molecule has 0 radical (unpaired) electrons. The number of piperidine rings is 1. The second-order valence-corrected chi connectivity index (χ2v) is 5.43. The summed E-state index contributed by atoms with van der Waals surface area (Å²) < 4.78 is 1.73. The molecule has 0 spiro atoms. The van der Waals surface area contributed by atoms with Gasteiger partial charge in [0.1, 0.15) is 0 Å². The third kappa shape index (κ3) is 2.68. The lowest BCUT2D eigenvalue weighted by Crippen LogP contribution is -2.50. The predicted molar refractivity (Wildman–Crippen MR) is 78.6 cm³/mol. The number of hydrogen-bond acceptors (Lipinski definition) is 4. The Labute approximate surface area is 123 Å². The standard InChI is InChI=1S/C14H20N6O/c1-3-13(21)17-20-14-11(2)9-12(16-19(14)10-15-20)18-7-5-4-6-8-18/h9-10H,3-8H2,1-2H3/p+1. The maximum Gasteiger partial charge on any atom is 0.357 e. The predicted octanol–water partition coefficient (Wildman–Crippen LogP) is 0.796. The number of anilines is 1. The highest BCUT2D eigenvalue weighted by atomic mass is 16.2. The number of rotatable bonds is 3. The van der Waals surface area contributed by atoms with Crippen LogP contribution in [0, 0.1) is 6.92 Å². The molecule has 1 aliphatic rings. The molecule has 0 aromatic carbocycles. The number of fused-ring (bicyclic) bond motifs is 1. The number of aryl methyl sites for hydroxylation is 1. The highest BCUT2D eigenvalue weighted by Gasteiger charge is 2.22. The molecule has 0 bridgehead atoms. The van der Waals surface area contributed by atoms with E-state index in [0.717, 1.165) is 30.1 Å². The normalized spacial score (nSPS) is 15.4. The summed E-state index contributed by atoms with van der Waals surface area (Å²) in [5.74, 6) is 0.908. The van der Waals surface area contributed by atoms with Gasteiger partial charge in [0.15, 0.2) is 5.82 Å². The summed E-state index contributed by atoms with van der Waals surface area (Å²) in [6.07, 6.45) is 5.78. The van der Waals surface area contributed by atoms with Crippen molar-refractivity contribution in [3.63, 3.8) is 0 Å². The summed E-state index contributed by atoms with van der Waals surface area (Å²) in [7, 11) is 0. The van der Waals surface area contributed by atoms with Gasteiger partial charge in [-0.3, -0.25) is 4.79 Å². The zero-order chi connectivity index (χ0) is 14.8. The molecular formula is C14H21N6O+. The van der Waals surface area contributed by atoms with Gasteiger partial charge in [-0.05, 0) is 42.1 Å². The van der Waals surface area contributed by atoms with Gasteiger partial charge in [-0.15, -0.1) is 0 Å². The summed E-state index contributed by atoms with van der Waals surface area (Å²) in [6.45, 7) is 5.94. The minimum atomic E-state index is -0.0693. The molecule has 3 heterocycles. The van der Waals surface area contributed by atoms with E-state index >= 15 is 0 Å². The largest absolute Gasteiger partial charge is 0.357 e. The molecule has 21 heavy (non-hydrogen) atoms. The zero-order valence-electron chi connectivity index (χ0n) is 12.5. The Morgan fingerprint density at radius 3 is 2.86 bits per heavy atom. The van der Waals surface area contributed by atoms with Gasteiger partial charge in [0.25, 0.3) is 12.2 Å². The van der Waals surface area contributed by atoms with Gasteiger partial charge in [-0.2, -0.15) is 5.43 Å². The van der Waals surface area contributed by atoms with E-state index in [4.69, 9.17) is 0 Å². The van der Waals surface area contributed by atoms with E-state index in [1.165, 1.54) is 24.1 Å². The average molecular weight is 289 g/mol. The number of carbonyl (C=O) groups excluding carboxylic acids is 1. The first-order valence-electron chi connectivity index (χ1n) is 7.51. The van der Waals surface area contributed by atoms with Crippen LogP contribution >= 0.6 is 0 Å². The van der Waals surface area contributed by atoms with Gasteiger partial charge < -0.3 is 4.90 Å². The van der Waals surface area contributed by atoms with Gasteiger partial charge in [-0.25, -0.2) is 0 Å². The first-order valence-corrected chi connectivity index (χ1v) is 7.51. The number of aromatic nitrogens is 4. The number of nitrogens with zero attached hydrogens (tertiary/aromatic N) is 5. The fraction of sp³-hybridized carbons (Fsp3) is 0.571. The molecule has 2 aromatic heterocycles. The molecule has 0 atom stereocenters. The highest BCUT2D eigenvalue weighted by Crippen LogP contribution is 2.19. The van der Waals surface area contributed by atoms with Crippen LogP contribution in [0.25, 0.3) is 5.65 Å². The van der Waals surface area contributed by atoms with E-state index in [9.17, 15) is 4.79 Å². The van der Waals surface area contributed by atoms with Crippen LogP contribution in [0.4, 0.5) is 5.82 Å². The molecule has 7 nitrogen and oxygen atoms in total. The van der Waals surface area contributed by atoms with Crippen molar-refractivity contribution in [2.24, 2.45) is 0 Å². The number of hydrogen-bond donors (Lipinski definition) is 1. The first kappa shape index (κ1) is 13.8. The molecule has 7 heteroatoms. The van der Waals surface area contributed by atoms with E-state index in [2.05, 4.69) is 26.6 Å². The van der Waals surface area contributed by atoms with Crippen LogP contribution < -0.4 is 15.1 Å². The second-order valence-electron chi connectivity index (χ2n) is 5.43. The topological polar surface area (TPSA) is 66.4 Å². The summed E-state index contributed by atoms with van der Waals surface area (Å²) in [5, 5.41) is 8.82. The summed E-state index contributed by atoms with van der Waals surface area (Å²) in [4.78, 5) is 15.3. The van der Waals surface area contributed by atoms with Crippen LogP contribution in [0.1, 0.15) is 38.2 Å². The van der Waals surface area contributed by atoms with Crippen molar-refractivity contribution in [3.8, 4) is 0 Å². The van der Waals surface area contributed by atoms with E-state index in [0.29, 0.717) is 6.42 Å². The SMILES string of the molecule is CCC(=O)N[n+]1ncn2nc(N3CCCCC3)cc(C)c21. The minimum absolute atomic E-state index is 0.0693. The monoisotopic (exact) mass is 289 g/mol. The van der Waals surface area contributed by atoms with Crippen LogP contribution in [-0.2, 0) is 4.79 Å². The molecule has 1 saturated heterocycles. The molecule has 112 valence electrons. The lowest BCUT2D eigenvalue weighted by atomic mass is 10.1. The molecule has 1 aliphatic heterocycles. The molecule has 1 amide bonds. The maximum atomic E-state index is 11.5. The summed E-state index contributed by atoms with van der Waals surface area (Å²) in [5.41, 5.74) is 4.58. The lowest BCUT2D eigenvalue weighted by molar-refractivity contribution is -0.676. The van der Waals surface area contributed by atoms with Crippen LogP contribution in [0.15, 0.2) is 12.4 Å². The van der Waals surface area contributed by atoms with E-state index in [-0.39, 0.29) is 5.91 Å². The van der Waals surface area contributed by atoms with Gasteiger partial charge in [0.2, 0.25) is 0 Å². The van der Waals surface area contributed by atoms with Crippen LogP contribution in [0.2, 0.25) is 0 Å². The summed E-state index contributed by atoms with van der Waals surface area (Å²) in [6, 6.07) is 2.07. The molecule has 0 aliphatic carbocycles. The van der Waals surface area contributed by atoms with E-state index in [1.54, 1.807) is 10.8 Å². The second kappa shape index (κ2) is 5.67. The smallest absolute Gasteiger partial charge is 0.354 e. The zero-order valence-corrected chi connectivity index (χ0v) is 12.5. The quantitative estimate of drug-likeness (QED) is 0.849. The van der Waals surface area contributed by atoms with Crippen molar-refractivity contribution in [1.82, 2.24) is 14.7 Å². The van der Waals surface area contributed by atoms with Crippen molar-refractivity contribution in [2.75, 3.05) is 23.4 Å². The Hall–Kier alpha value is -2.18. The van der Waals surface area contributed by atoms with Crippen LogP contribution in [0.3, 0.4) is 0 Å². The van der Waals surface area contributed by atoms with Crippen molar-refractivity contribution in [3.05, 3.63) is 18.0 Å². The minimum Gasteiger partial charge on any atom is -0.354 e. The van der Waals surface area contributed by atoms with E-state index in [1.807, 2.05) is 13.8 Å². The van der Waals surface area contributed by atoms with Crippen LogP contribution in [-0.4, -0.2) is 33.7 Å². The molecule has 0 saturated carbocycles. The van der Waals surface area contributed by atoms with Crippen molar-refractivity contribution in [1.29, 1.82) is 0 Å². The van der Waals surface area contributed by atoms with Gasteiger partial charge in [0.05, 0.1) is 0 Å². The number of carbonyl (C=O) groups is 1. The third-order valence-electron chi connectivity index (χ3n) is 3.83. The van der Waals surface area contributed by atoms with Crippen molar-refractivity contribution in [2.45, 2.75) is 39.5 Å². The van der Waals surface area contributed by atoms with Crippen molar-refractivity contribution < 1.29 is 9.59 Å². The molecule has 1 fully saturated rings. The average Bonchev–Trinajstić information content (AvgIpc) is 2.91. The Morgan fingerprint density at radius 2 is 2.14 bits per heavy atom. The fourth-order valence-corrected chi connectivity index (χ4v) is 2.68. The molecule has 0 unspecified atom stereocenters. The summed E-state index contributed by atoms with van der Waals surface area (Å²) >= 11 is 0. The van der Waals surface area contributed by atoms with Gasteiger partial charge in [-0.1, -0.05) is 16.5 Å². The molecule has 2 aromatic rings. The number of nitrogens with one attached hydrogen (secondary N) is 1. The van der Waals surface area contributed by atoms with Crippen LogP contribution in [0.5, 0.6) is 0 Å². The van der Waals surface area contributed by atoms with Gasteiger partial charge >= 0.3 is 5.65 Å². The van der Waals surface area contributed by atoms with Crippen molar-refractivity contribution >= 4 is 17.4 Å². The van der Waals surface area contributed by atoms with Gasteiger partial charge in [0, 0.05) is 25.1 Å². The first-order chi connectivity index (χ1) is 10.2. The molecule has 3 rings (SSSR count). The Balaban J connectivity index is 1.95. The highest BCUT2D eigenvalue weighted by molar-refractivity contribution is 5.81. The molecular weight excluding hydrogens is 268 g/mol. The maximum absolute atomic E-state index is 11.5. The Morgan fingerprint density at radius 1 is 1.38 bits per heavy atom. The third-order valence-corrected chi connectivity index (χ3v) is 3.83. The fourth-order valence-electron chi connectivity index (χ4n) is 2.68. The lowest BCUT2D eigenvalue weighted by Gasteiger charge is -2.26. The Kier molecular flexibility index (Phi) is 3.72. The number of amides is 1.